The zero-order valence-corrected chi connectivity index (χ0v) is 22.3. The maximum atomic E-state index is 14.5. The van der Waals surface area contributed by atoms with Crippen molar-refractivity contribution in [2.75, 3.05) is 0 Å². The van der Waals surface area contributed by atoms with E-state index in [4.69, 9.17) is 14.2 Å². The minimum atomic E-state index is -4.26. The van der Waals surface area contributed by atoms with Gasteiger partial charge in [0.05, 0.1) is 11.7 Å². The van der Waals surface area contributed by atoms with Crippen molar-refractivity contribution in [3.63, 3.8) is 0 Å². The molecule has 2 bridgehead atoms. The molecule has 4 saturated carbocycles. The van der Waals surface area contributed by atoms with Crippen LogP contribution in [0.5, 0.6) is 5.75 Å². The van der Waals surface area contributed by atoms with Crippen LogP contribution in [-0.4, -0.2) is 36.4 Å². The van der Waals surface area contributed by atoms with Crippen LogP contribution in [0, 0.1) is 35.5 Å². The Morgan fingerprint density at radius 3 is 2.26 bits per heavy atom. The number of aliphatic carboxylic acids is 1. The molecule has 0 heterocycles. The second-order valence-electron chi connectivity index (χ2n) is 12.2. The van der Waals surface area contributed by atoms with E-state index in [1.807, 2.05) is 13.8 Å². The van der Waals surface area contributed by atoms with Gasteiger partial charge in [0.2, 0.25) is 6.29 Å². The van der Waals surface area contributed by atoms with Gasteiger partial charge in [-0.1, -0.05) is 39.5 Å². The van der Waals surface area contributed by atoms with Gasteiger partial charge < -0.3 is 24.1 Å². The highest BCUT2D eigenvalue weighted by molar-refractivity contribution is 5.90. The number of ether oxygens (including phenoxy) is 3. The van der Waals surface area contributed by atoms with Crippen LogP contribution < -0.4 is 9.84 Å². The highest BCUT2D eigenvalue weighted by atomic mass is 19.3. The Bertz CT molecular complexity index is 989. The zero-order valence-electron chi connectivity index (χ0n) is 22.3. The Kier molecular flexibility index (Phi) is 7.99. The lowest BCUT2D eigenvalue weighted by atomic mass is 9.80. The van der Waals surface area contributed by atoms with E-state index in [1.54, 1.807) is 12.1 Å². The number of carbonyl (C=O) groups is 2. The quantitative estimate of drug-likeness (QED) is 0.297. The van der Waals surface area contributed by atoms with Crippen molar-refractivity contribution in [3.05, 3.63) is 29.8 Å². The lowest BCUT2D eigenvalue weighted by Crippen LogP contribution is -2.54. The average Bonchev–Trinajstić information content (AvgIpc) is 3.62. The Hall–Kier alpha value is -2.22. The van der Waals surface area contributed by atoms with E-state index in [0.717, 1.165) is 30.6 Å². The normalized spacial score (nSPS) is 30.7. The summed E-state index contributed by atoms with van der Waals surface area (Å²) in [6.45, 7) is 4.09. The summed E-state index contributed by atoms with van der Waals surface area (Å²) < 4.78 is 46.8. The minimum Gasteiger partial charge on any atom is -0.544 e. The van der Waals surface area contributed by atoms with Gasteiger partial charge >= 0.3 is 11.9 Å². The summed E-state index contributed by atoms with van der Waals surface area (Å²) in [6.07, 6.45) is 7.13. The van der Waals surface area contributed by atoms with E-state index < -0.39 is 36.2 Å². The van der Waals surface area contributed by atoms with Crippen LogP contribution in [0.15, 0.2) is 24.3 Å². The van der Waals surface area contributed by atoms with Crippen molar-refractivity contribution in [1.82, 2.24) is 0 Å². The number of hydrogen-bond donors (Lipinski definition) is 0. The monoisotopic (exact) mass is 533 g/mol. The molecule has 0 aliphatic heterocycles. The number of alkyl halides is 2. The van der Waals surface area contributed by atoms with Crippen LogP contribution in [0.4, 0.5) is 8.78 Å². The molecule has 0 aromatic heterocycles. The highest BCUT2D eigenvalue weighted by Crippen LogP contribution is 2.59. The number of benzene rings is 1. The summed E-state index contributed by atoms with van der Waals surface area (Å²) in [5.74, 6) is -4.82. The van der Waals surface area contributed by atoms with Crippen LogP contribution in [0.3, 0.4) is 0 Å². The average molecular weight is 534 g/mol. The molecule has 38 heavy (non-hydrogen) atoms. The number of esters is 1. The van der Waals surface area contributed by atoms with Gasteiger partial charge in [-0.3, -0.25) is 0 Å². The standard InChI is InChI=1S/C30H40F2O6/c1-17(2)28(37-25-16-20-15-24(25)23-10-6-9-22(20)23)36-21-13-11-19(12-14-21)27(33)38-26(30(31,32)29(34)35)18-7-4-3-5-8-18/h11-14,17-18,20,22-26,28H,3-10,15-16H2,1-2H3,(H,34,35)/p-1. The third-order valence-electron chi connectivity index (χ3n) is 9.50. The number of carbonyl (C=O) groups excluding carboxylic acids is 2. The van der Waals surface area contributed by atoms with Gasteiger partial charge in [0, 0.05) is 11.8 Å². The Morgan fingerprint density at radius 1 is 0.921 bits per heavy atom. The summed E-state index contributed by atoms with van der Waals surface area (Å²) in [7, 11) is 0. The number of fused-ring (bicyclic) bond motifs is 5. The lowest BCUT2D eigenvalue weighted by molar-refractivity contribution is -0.337. The first kappa shape index (κ1) is 27.4. The number of carboxylic acids is 1. The number of hydrogen-bond acceptors (Lipinski definition) is 6. The molecule has 4 aliphatic rings. The third kappa shape index (κ3) is 5.43. The third-order valence-corrected chi connectivity index (χ3v) is 9.50. The van der Waals surface area contributed by atoms with E-state index in [-0.39, 0.29) is 17.6 Å². The second kappa shape index (κ2) is 11.1. The minimum absolute atomic E-state index is 0.0506. The second-order valence-corrected chi connectivity index (χ2v) is 12.2. The fourth-order valence-corrected chi connectivity index (χ4v) is 7.66. The van der Waals surface area contributed by atoms with Crippen LogP contribution in [-0.2, 0) is 14.3 Å². The maximum absolute atomic E-state index is 14.5. The molecule has 0 spiro atoms. The van der Waals surface area contributed by atoms with Gasteiger partial charge in [0.15, 0.2) is 6.10 Å². The van der Waals surface area contributed by atoms with Gasteiger partial charge in [0.1, 0.15) is 11.7 Å². The topological polar surface area (TPSA) is 84.9 Å². The first-order valence-corrected chi connectivity index (χ1v) is 14.4. The van der Waals surface area contributed by atoms with Crippen molar-refractivity contribution < 1.29 is 37.7 Å². The molecular formula is C30H39F2O6-. The number of rotatable bonds is 10. The lowest BCUT2D eigenvalue weighted by Gasteiger charge is -2.35. The van der Waals surface area contributed by atoms with Gasteiger partial charge in [0.25, 0.3) is 0 Å². The van der Waals surface area contributed by atoms with E-state index >= 15 is 0 Å². The van der Waals surface area contributed by atoms with E-state index in [2.05, 4.69) is 0 Å². The van der Waals surface area contributed by atoms with E-state index in [9.17, 15) is 23.5 Å². The predicted molar refractivity (Wildman–Crippen MR) is 133 cm³/mol. The number of halogens is 2. The summed E-state index contributed by atoms with van der Waals surface area (Å²) in [5, 5.41) is 11.2. The first-order valence-electron chi connectivity index (χ1n) is 14.4. The molecular weight excluding hydrogens is 494 g/mol. The summed E-state index contributed by atoms with van der Waals surface area (Å²) in [4.78, 5) is 23.9. The molecule has 1 aromatic rings. The molecule has 0 radical (unpaired) electrons. The first-order chi connectivity index (χ1) is 18.1. The van der Waals surface area contributed by atoms with Crippen molar-refractivity contribution in [2.24, 2.45) is 35.5 Å². The predicted octanol–water partition coefficient (Wildman–Crippen LogP) is 5.38. The van der Waals surface area contributed by atoms with Gasteiger partial charge in [-0.25, -0.2) is 4.79 Å². The van der Waals surface area contributed by atoms with Crippen molar-refractivity contribution in [1.29, 1.82) is 0 Å². The Labute approximate surface area is 223 Å². The van der Waals surface area contributed by atoms with Crippen molar-refractivity contribution >= 4 is 11.9 Å². The highest BCUT2D eigenvalue weighted by Gasteiger charge is 2.55. The summed E-state index contributed by atoms with van der Waals surface area (Å²) >= 11 is 0. The Morgan fingerprint density at radius 2 is 1.61 bits per heavy atom. The molecule has 7 unspecified atom stereocenters. The molecule has 6 nitrogen and oxygen atoms in total. The maximum Gasteiger partial charge on any atom is 0.338 e. The molecule has 0 N–H and O–H groups in total. The molecule has 4 fully saturated rings. The largest absolute Gasteiger partial charge is 0.544 e. The van der Waals surface area contributed by atoms with Gasteiger partial charge in [-0.2, -0.15) is 8.78 Å². The smallest absolute Gasteiger partial charge is 0.338 e. The molecule has 5 rings (SSSR count). The molecule has 1 aromatic carbocycles. The fraction of sp³-hybridized carbons (Fsp3) is 0.733. The van der Waals surface area contributed by atoms with E-state index in [0.29, 0.717) is 37.4 Å². The van der Waals surface area contributed by atoms with Gasteiger partial charge in [-0.15, -0.1) is 0 Å². The van der Waals surface area contributed by atoms with Crippen molar-refractivity contribution in [3.8, 4) is 5.75 Å². The van der Waals surface area contributed by atoms with Crippen LogP contribution in [0.1, 0.15) is 88.4 Å². The Balaban J connectivity index is 1.21. The molecule has 4 aliphatic carbocycles. The van der Waals surface area contributed by atoms with Crippen LogP contribution in [0.25, 0.3) is 0 Å². The molecule has 210 valence electrons. The molecule has 7 atom stereocenters. The SMILES string of the molecule is CC(C)C(Oc1ccc(C(=O)OC(C2CCCCC2)C(F)(F)C(=O)[O-])cc1)OC1CC2CC1C1CCCC21. The fourth-order valence-electron chi connectivity index (χ4n) is 7.66. The van der Waals surface area contributed by atoms with Crippen LogP contribution in [0.2, 0.25) is 0 Å². The molecule has 8 heteroatoms. The van der Waals surface area contributed by atoms with Crippen LogP contribution >= 0.6 is 0 Å². The summed E-state index contributed by atoms with van der Waals surface area (Å²) in [6, 6.07) is 6.08. The van der Waals surface area contributed by atoms with E-state index in [1.165, 1.54) is 37.8 Å². The summed E-state index contributed by atoms with van der Waals surface area (Å²) in [5.41, 5.74) is 0.0506. The number of carboxylic acid groups (broad SMARTS) is 1. The van der Waals surface area contributed by atoms with Gasteiger partial charge in [-0.05, 0) is 86.5 Å². The van der Waals surface area contributed by atoms with Crippen molar-refractivity contribution in [2.45, 2.75) is 102 Å². The zero-order chi connectivity index (χ0) is 27.0. The molecule has 0 saturated heterocycles. The molecule has 0 amide bonds.